The van der Waals surface area contributed by atoms with Gasteiger partial charge in [-0.3, -0.25) is 0 Å². The summed E-state index contributed by atoms with van der Waals surface area (Å²) in [5.41, 5.74) is -2.45. The van der Waals surface area contributed by atoms with Crippen molar-refractivity contribution in [2.45, 2.75) is 0 Å². The summed E-state index contributed by atoms with van der Waals surface area (Å²) in [5.74, 6) is -5.91. The van der Waals surface area contributed by atoms with E-state index in [1.165, 1.54) is 0 Å². The molecule has 0 atom stereocenters. The molecular weight excluding hydrogens is 446 g/mol. The smallest absolute Gasteiger partial charge is 0.346 e. The van der Waals surface area contributed by atoms with E-state index in [2.05, 4.69) is 4.74 Å². The van der Waals surface area contributed by atoms with Crippen LogP contribution in [0, 0.1) is 0 Å². The second-order valence-corrected chi connectivity index (χ2v) is 6.43. The van der Waals surface area contributed by atoms with Gasteiger partial charge in [-0.15, -0.1) is 0 Å². The zero-order valence-electron chi connectivity index (χ0n) is 12.8. The molecule has 0 radical (unpaired) electrons. The molecule has 0 saturated heterocycles. The number of carboxylic acid groups (broad SMARTS) is 2. The minimum absolute atomic E-state index is 0.130. The fourth-order valence-electron chi connectivity index (χ4n) is 2.05. The number of carbonyl (C=O) groups is 4. The van der Waals surface area contributed by atoms with Gasteiger partial charge >= 0.3 is 23.9 Å². The number of benzene rings is 2. The maximum atomic E-state index is 12.2. The molecular formula is C16H6Cl4O7. The molecule has 0 heterocycles. The lowest BCUT2D eigenvalue weighted by atomic mass is 10.1. The van der Waals surface area contributed by atoms with Crippen LogP contribution in [-0.2, 0) is 4.74 Å². The van der Waals surface area contributed by atoms with Crippen LogP contribution in [0.15, 0.2) is 24.3 Å². The molecule has 0 unspecified atom stereocenters. The zero-order chi connectivity index (χ0) is 20.5. The molecule has 11 heteroatoms. The normalized spacial score (nSPS) is 10.4. The van der Waals surface area contributed by atoms with Gasteiger partial charge < -0.3 is 14.9 Å². The first-order chi connectivity index (χ1) is 12.6. The van der Waals surface area contributed by atoms with Gasteiger partial charge in [0.2, 0.25) is 0 Å². The summed E-state index contributed by atoms with van der Waals surface area (Å²) in [6.45, 7) is 0. The van der Waals surface area contributed by atoms with E-state index in [-0.39, 0.29) is 10.0 Å². The Balaban J connectivity index is 2.45. The number of carboxylic acids is 2. The average molecular weight is 452 g/mol. The summed E-state index contributed by atoms with van der Waals surface area (Å²) >= 11 is 23.0. The summed E-state index contributed by atoms with van der Waals surface area (Å²) in [6.07, 6.45) is 0. The van der Waals surface area contributed by atoms with Gasteiger partial charge in [-0.1, -0.05) is 46.4 Å². The molecule has 2 aromatic carbocycles. The van der Waals surface area contributed by atoms with Gasteiger partial charge in [0.05, 0.1) is 42.3 Å². The van der Waals surface area contributed by atoms with E-state index in [4.69, 9.17) is 46.4 Å². The number of ether oxygens (including phenoxy) is 1. The molecule has 0 fully saturated rings. The Morgan fingerprint density at radius 2 is 1.00 bits per heavy atom. The highest BCUT2D eigenvalue weighted by atomic mass is 35.5. The van der Waals surface area contributed by atoms with Crippen LogP contribution in [0.5, 0.6) is 0 Å². The summed E-state index contributed by atoms with van der Waals surface area (Å²) < 4.78 is 4.59. The third kappa shape index (κ3) is 4.17. The third-order valence-electron chi connectivity index (χ3n) is 3.24. The minimum atomic E-state index is -1.58. The fourth-order valence-corrected chi connectivity index (χ4v) is 2.86. The number of aromatic carboxylic acids is 2. The predicted molar refractivity (Wildman–Crippen MR) is 96.6 cm³/mol. The van der Waals surface area contributed by atoms with Crippen LogP contribution in [-0.4, -0.2) is 34.1 Å². The fraction of sp³-hybridized carbons (Fsp3) is 0. The van der Waals surface area contributed by atoms with Crippen molar-refractivity contribution in [2.24, 2.45) is 0 Å². The summed E-state index contributed by atoms with van der Waals surface area (Å²) in [5, 5.41) is 17.3. The Kier molecular flexibility index (Phi) is 6.33. The van der Waals surface area contributed by atoms with Crippen LogP contribution in [0.1, 0.15) is 41.4 Å². The Hall–Kier alpha value is -2.32. The maximum Gasteiger partial charge on any atom is 0.346 e. The molecule has 0 amide bonds. The first kappa shape index (κ1) is 21.0. The van der Waals surface area contributed by atoms with Crippen molar-refractivity contribution in [3.63, 3.8) is 0 Å². The van der Waals surface area contributed by atoms with Gasteiger partial charge in [0, 0.05) is 0 Å². The third-order valence-corrected chi connectivity index (χ3v) is 4.85. The van der Waals surface area contributed by atoms with Crippen molar-refractivity contribution < 1.29 is 34.1 Å². The molecule has 0 aliphatic carbocycles. The van der Waals surface area contributed by atoms with Crippen molar-refractivity contribution in [1.29, 1.82) is 0 Å². The van der Waals surface area contributed by atoms with Gasteiger partial charge in [0.25, 0.3) is 0 Å². The van der Waals surface area contributed by atoms with Crippen LogP contribution >= 0.6 is 46.4 Å². The highest BCUT2D eigenvalue weighted by Crippen LogP contribution is 2.31. The first-order valence-corrected chi connectivity index (χ1v) is 8.26. The predicted octanol–water partition coefficient (Wildman–Crippen LogP) is 4.69. The van der Waals surface area contributed by atoms with Gasteiger partial charge in [0.15, 0.2) is 0 Å². The highest BCUT2D eigenvalue weighted by molar-refractivity contribution is 6.45. The van der Waals surface area contributed by atoms with Crippen molar-refractivity contribution in [3.8, 4) is 0 Å². The topological polar surface area (TPSA) is 118 Å². The molecule has 27 heavy (non-hydrogen) atoms. The van der Waals surface area contributed by atoms with Gasteiger partial charge in [-0.05, 0) is 24.3 Å². The molecule has 2 aromatic rings. The van der Waals surface area contributed by atoms with E-state index in [0.29, 0.717) is 0 Å². The Labute approximate surface area is 171 Å². The Morgan fingerprint density at radius 1 is 0.667 bits per heavy atom. The molecule has 0 aromatic heterocycles. The van der Waals surface area contributed by atoms with Crippen molar-refractivity contribution >= 4 is 70.3 Å². The standard InChI is InChI=1S/C16H6Cl4O7/c17-7-3-1-5(9(11(7)19)13(21)22)15(25)27-16(26)6-2-4-8(18)12(20)10(6)14(23)24/h1-4H,(H,21,22)(H,23,24). The summed E-state index contributed by atoms with van der Waals surface area (Å²) in [6, 6.07) is 4.28. The Bertz CT molecular complexity index is 921. The van der Waals surface area contributed by atoms with Crippen molar-refractivity contribution in [2.75, 3.05) is 0 Å². The quantitative estimate of drug-likeness (QED) is 0.511. The lowest BCUT2D eigenvalue weighted by Crippen LogP contribution is -2.19. The monoisotopic (exact) mass is 450 g/mol. The average Bonchev–Trinajstić information content (AvgIpc) is 2.58. The van der Waals surface area contributed by atoms with E-state index in [1.54, 1.807) is 0 Å². The summed E-state index contributed by atoms with van der Waals surface area (Å²) in [7, 11) is 0. The van der Waals surface area contributed by atoms with Crippen LogP contribution < -0.4 is 0 Å². The molecule has 2 N–H and O–H groups in total. The summed E-state index contributed by atoms with van der Waals surface area (Å²) in [4.78, 5) is 47.1. The van der Waals surface area contributed by atoms with Crippen molar-refractivity contribution in [3.05, 3.63) is 66.6 Å². The van der Waals surface area contributed by atoms with E-state index in [9.17, 15) is 29.4 Å². The first-order valence-electron chi connectivity index (χ1n) is 6.75. The van der Waals surface area contributed by atoms with Crippen LogP contribution in [0.25, 0.3) is 0 Å². The van der Waals surface area contributed by atoms with E-state index < -0.39 is 56.2 Å². The molecule has 0 aliphatic rings. The maximum absolute atomic E-state index is 12.2. The Morgan fingerprint density at radius 3 is 1.30 bits per heavy atom. The molecule has 7 nitrogen and oxygen atoms in total. The van der Waals surface area contributed by atoms with E-state index in [0.717, 1.165) is 24.3 Å². The largest absolute Gasteiger partial charge is 0.478 e. The molecule has 0 saturated carbocycles. The van der Waals surface area contributed by atoms with Crippen molar-refractivity contribution in [1.82, 2.24) is 0 Å². The number of rotatable bonds is 4. The second-order valence-electron chi connectivity index (χ2n) is 4.86. The van der Waals surface area contributed by atoms with Gasteiger partial charge in [-0.25, -0.2) is 19.2 Å². The second kappa shape index (κ2) is 8.14. The number of hydrogen-bond acceptors (Lipinski definition) is 5. The number of esters is 2. The lowest BCUT2D eigenvalue weighted by Gasteiger charge is -2.10. The molecule has 0 spiro atoms. The molecule has 2 rings (SSSR count). The molecule has 0 aliphatic heterocycles. The van der Waals surface area contributed by atoms with Gasteiger partial charge in [0.1, 0.15) is 0 Å². The highest BCUT2D eigenvalue weighted by Gasteiger charge is 2.28. The van der Waals surface area contributed by atoms with E-state index in [1.807, 2.05) is 0 Å². The van der Waals surface area contributed by atoms with Gasteiger partial charge in [-0.2, -0.15) is 0 Å². The van der Waals surface area contributed by atoms with Crippen LogP contribution in [0.2, 0.25) is 20.1 Å². The number of hydrogen-bond donors (Lipinski definition) is 2. The lowest BCUT2D eigenvalue weighted by molar-refractivity contribution is 0.0386. The van der Waals surface area contributed by atoms with Crippen LogP contribution in [0.3, 0.4) is 0 Å². The van der Waals surface area contributed by atoms with Crippen LogP contribution in [0.4, 0.5) is 0 Å². The minimum Gasteiger partial charge on any atom is -0.478 e. The van der Waals surface area contributed by atoms with E-state index >= 15 is 0 Å². The number of halogens is 4. The molecule has 140 valence electrons. The number of carbonyl (C=O) groups excluding carboxylic acids is 2. The molecule has 0 bridgehead atoms. The zero-order valence-corrected chi connectivity index (χ0v) is 15.8. The SMILES string of the molecule is O=C(OC(=O)c1ccc(Cl)c(Cl)c1C(=O)O)c1ccc(Cl)c(Cl)c1C(=O)O.